The molecule has 0 aliphatic heterocycles. The summed E-state index contributed by atoms with van der Waals surface area (Å²) in [6.07, 6.45) is -5.77. The fraction of sp³-hybridized carbons (Fsp3) is 1.00. The maximum Gasteiger partial charge on any atom is 0.420 e. The number of alkyl halides is 6. The summed E-state index contributed by atoms with van der Waals surface area (Å²) in [7, 11) is 0. The van der Waals surface area contributed by atoms with Crippen LogP contribution in [0.4, 0.5) is 26.3 Å². The van der Waals surface area contributed by atoms with Crippen molar-refractivity contribution < 1.29 is 31.4 Å². The van der Waals surface area contributed by atoms with Gasteiger partial charge >= 0.3 is 6.18 Å². The fourth-order valence-electron chi connectivity index (χ4n) is 3.85. The molecule has 2 bridgehead atoms. The molecule has 0 aromatic carbocycles. The van der Waals surface area contributed by atoms with Gasteiger partial charge in [0, 0.05) is 11.8 Å². The van der Waals surface area contributed by atoms with E-state index in [4.69, 9.17) is 0 Å². The molecular weight excluding hydrogens is 274 g/mol. The van der Waals surface area contributed by atoms with Crippen LogP contribution in [0.15, 0.2) is 0 Å². The number of fused-ring (bicyclic) bond motifs is 2. The highest BCUT2D eigenvalue weighted by Gasteiger charge is 2.85. The number of rotatable bonds is 1. The van der Waals surface area contributed by atoms with E-state index in [2.05, 4.69) is 0 Å². The Kier molecular flexibility index (Phi) is 2.83. The number of halogens is 6. The summed E-state index contributed by atoms with van der Waals surface area (Å²) in [5.74, 6) is -8.30. The second kappa shape index (κ2) is 3.59. The molecule has 0 amide bonds. The van der Waals surface area contributed by atoms with E-state index in [0.717, 1.165) is 0 Å². The molecule has 2 saturated carbocycles. The monoisotopic (exact) mass is 290 g/mol. The number of hydrogen-bond acceptors (Lipinski definition) is 1. The molecule has 7 heteroatoms. The van der Waals surface area contributed by atoms with Gasteiger partial charge in [-0.15, -0.1) is 0 Å². The average Bonchev–Trinajstić information content (AvgIpc) is 2.63. The third kappa shape index (κ3) is 1.42. The minimum atomic E-state index is -5.45. The Bertz CT molecular complexity index is 390. The second-order valence-corrected chi connectivity index (χ2v) is 6.07. The summed E-state index contributed by atoms with van der Waals surface area (Å²) >= 11 is 0. The molecule has 2 aliphatic rings. The van der Waals surface area contributed by atoms with Crippen molar-refractivity contribution in [3.8, 4) is 0 Å². The van der Waals surface area contributed by atoms with E-state index < -0.39 is 47.0 Å². The zero-order valence-corrected chi connectivity index (χ0v) is 10.7. The van der Waals surface area contributed by atoms with Gasteiger partial charge in [0.2, 0.25) is 5.67 Å². The maximum atomic E-state index is 14.8. The Balaban J connectivity index is 2.56. The van der Waals surface area contributed by atoms with E-state index in [-0.39, 0.29) is 13.3 Å². The van der Waals surface area contributed by atoms with Gasteiger partial charge in [0.25, 0.3) is 5.92 Å². The van der Waals surface area contributed by atoms with E-state index in [1.807, 2.05) is 0 Å². The largest absolute Gasteiger partial charge is 0.420 e. The van der Waals surface area contributed by atoms with Gasteiger partial charge in [0.1, 0.15) is 0 Å². The molecule has 0 saturated heterocycles. The highest BCUT2D eigenvalue weighted by atomic mass is 19.4. The molecule has 2 rings (SSSR count). The standard InChI is InChI=1S/C12H16F6O/c1-5-6(2)8-4-7(5)10(13,11(8,14)15)9(3,19)12(16,17)18/h5-8,19H,4H2,1-3H3. The first-order chi connectivity index (χ1) is 8.30. The predicted octanol–water partition coefficient (Wildman–Crippen LogP) is 3.57. The maximum absolute atomic E-state index is 14.8. The van der Waals surface area contributed by atoms with Gasteiger partial charge in [-0.25, -0.2) is 13.2 Å². The lowest BCUT2D eigenvalue weighted by Crippen LogP contribution is -2.70. The number of aliphatic hydroxyl groups is 1. The molecule has 1 N–H and O–H groups in total. The zero-order valence-electron chi connectivity index (χ0n) is 10.7. The molecule has 0 heterocycles. The van der Waals surface area contributed by atoms with Crippen LogP contribution in [-0.2, 0) is 0 Å². The van der Waals surface area contributed by atoms with Crippen molar-refractivity contribution in [3.63, 3.8) is 0 Å². The lowest BCUT2D eigenvalue weighted by Gasteiger charge is -2.49. The zero-order chi connectivity index (χ0) is 15.0. The highest BCUT2D eigenvalue weighted by molar-refractivity contribution is 5.24. The van der Waals surface area contributed by atoms with Crippen LogP contribution < -0.4 is 0 Å². The van der Waals surface area contributed by atoms with Crippen molar-refractivity contribution in [2.75, 3.05) is 0 Å². The predicted molar refractivity (Wildman–Crippen MR) is 55.4 cm³/mol. The Morgan fingerprint density at radius 2 is 1.42 bits per heavy atom. The van der Waals surface area contributed by atoms with Gasteiger partial charge in [-0.2, -0.15) is 13.2 Å². The van der Waals surface area contributed by atoms with Crippen molar-refractivity contribution in [1.29, 1.82) is 0 Å². The van der Waals surface area contributed by atoms with Crippen molar-refractivity contribution in [2.45, 2.75) is 50.6 Å². The summed E-state index contributed by atoms with van der Waals surface area (Å²) in [5, 5.41) is 9.49. The van der Waals surface area contributed by atoms with Gasteiger partial charge in [0.05, 0.1) is 0 Å². The molecule has 2 aliphatic carbocycles. The van der Waals surface area contributed by atoms with Crippen molar-refractivity contribution in [2.24, 2.45) is 23.7 Å². The van der Waals surface area contributed by atoms with Crippen LogP contribution in [0, 0.1) is 23.7 Å². The Hall–Kier alpha value is -0.460. The summed E-state index contributed by atoms with van der Waals surface area (Å²) in [6, 6.07) is 0. The first kappa shape index (κ1) is 14.9. The fourth-order valence-corrected chi connectivity index (χ4v) is 3.85. The Labute approximate surface area is 107 Å². The van der Waals surface area contributed by atoms with Crippen LogP contribution in [-0.4, -0.2) is 28.5 Å². The molecule has 0 spiro atoms. The summed E-state index contributed by atoms with van der Waals surface area (Å²) in [5.41, 5.74) is -8.02. The van der Waals surface area contributed by atoms with Crippen LogP contribution >= 0.6 is 0 Å². The minimum Gasteiger partial charge on any atom is -0.378 e. The SMILES string of the molecule is CC1C(C)C2CC1C(F)(F)C2(F)C(C)(O)C(F)(F)F. The normalized spacial score (nSPS) is 48.3. The van der Waals surface area contributed by atoms with Gasteiger partial charge in [-0.1, -0.05) is 13.8 Å². The first-order valence-corrected chi connectivity index (χ1v) is 6.16. The third-order valence-electron chi connectivity index (χ3n) is 5.33. The second-order valence-electron chi connectivity index (χ2n) is 6.07. The van der Waals surface area contributed by atoms with Crippen molar-refractivity contribution in [3.05, 3.63) is 0 Å². The molecule has 2 fully saturated rings. The smallest absolute Gasteiger partial charge is 0.378 e. The molecule has 6 atom stereocenters. The number of hydrogen-bond donors (Lipinski definition) is 1. The van der Waals surface area contributed by atoms with E-state index >= 15 is 0 Å². The summed E-state index contributed by atoms with van der Waals surface area (Å²) in [4.78, 5) is 0. The molecule has 0 aromatic heterocycles. The molecule has 0 radical (unpaired) electrons. The lowest BCUT2D eigenvalue weighted by molar-refractivity contribution is -0.350. The molecule has 0 aromatic rings. The van der Waals surface area contributed by atoms with Crippen LogP contribution in [0.1, 0.15) is 27.2 Å². The van der Waals surface area contributed by atoms with Gasteiger partial charge < -0.3 is 5.11 Å². The Morgan fingerprint density at radius 1 is 1.00 bits per heavy atom. The molecular formula is C12H16F6O. The van der Waals surface area contributed by atoms with Gasteiger partial charge in [-0.3, -0.25) is 0 Å². The van der Waals surface area contributed by atoms with E-state index in [1.165, 1.54) is 13.8 Å². The van der Waals surface area contributed by atoms with Crippen LogP contribution in [0.25, 0.3) is 0 Å². The molecule has 1 nitrogen and oxygen atoms in total. The first-order valence-electron chi connectivity index (χ1n) is 6.16. The third-order valence-corrected chi connectivity index (χ3v) is 5.33. The van der Waals surface area contributed by atoms with Crippen LogP contribution in [0.3, 0.4) is 0 Å². The topological polar surface area (TPSA) is 20.2 Å². The van der Waals surface area contributed by atoms with E-state index in [9.17, 15) is 31.4 Å². The van der Waals surface area contributed by atoms with Crippen molar-refractivity contribution >= 4 is 0 Å². The van der Waals surface area contributed by atoms with E-state index in [1.54, 1.807) is 0 Å². The van der Waals surface area contributed by atoms with E-state index in [0.29, 0.717) is 0 Å². The molecule has 6 unspecified atom stereocenters. The van der Waals surface area contributed by atoms with Crippen molar-refractivity contribution in [1.82, 2.24) is 0 Å². The lowest BCUT2D eigenvalue weighted by atomic mass is 9.65. The Morgan fingerprint density at radius 3 is 1.79 bits per heavy atom. The van der Waals surface area contributed by atoms with Crippen LogP contribution in [0.2, 0.25) is 0 Å². The van der Waals surface area contributed by atoms with Crippen LogP contribution in [0.5, 0.6) is 0 Å². The van der Waals surface area contributed by atoms with Gasteiger partial charge in [-0.05, 0) is 25.2 Å². The molecule has 19 heavy (non-hydrogen) atoms. The average molecular weight is 290 g/mol. The summed E-state index contributed by atoms with van der Waals surface area (Å²) in [6.45, 7) is 3.06. The minimum absolute atomic E-state index is 0.110. The quantitative estimate of drug-likeness (QED) is 0.732. The molecule has 112 valence electrons. The highest BCUT2D eigenvalue weighted by Crippen LogP contribution is 2.69. The summed E-state index contributed by atoms with van der Waals surface area (Å²) < 4.78 is 81.4. The van der Waals surface area contributed by atoms with Gasteiger partial charge in [0.15, 0.2) is 5.60 Å².